The molecule has 0 N–H and O–H groups in total. The Morgan fingerprint density at radius 2 is 2.22 bits per heavy atom. The summed E-state index contributed by atoms with van der Waals surface area (Å²) in [6.07, 6.45) is 6.92. The number of halogens is 1. The highest BCUT2D eigenvalue weighted by Crippen LogP contribution is 2.32. The molecule has 1 aliphatic carbocycles. The van der Waals surface area contributed by atoms with Crippen molar-refractivity contribution in [3.05, 3.63) is 35.8 Å². The molecule has 0 spiro atoms. The number of methoxy groups -OCH3 is 2. The van der Waals surface area contributed by atoms with Gasteiger partial charge in [-0.1, -0.05) is 6.08 Å². The number of fused-ring (bicyclic) bond motifs is 1. The smallest absolute Gasteiger partial charge is 0.340 e. The number of hydrogen-bond acceptors (Lipinski definition) is 4. The first-order chi connectivity index (χ1) is 8.67. The van der Waals surface area contributed by atoms with Gasteiger partial charge in [0, 0.05) is 19.6 Å². The van der Waals surface area contributed by atoms with Crippen LogP contribution >= 0.6 is 0 Å². The maximum absolute atomic E-state index is 13.7. The molecule has 2 atom stereocenters. The summed E-state index contributed by atoms with van der Waals surface area (Å²) >= 11 is 0. The van der Waals surface area contributed by atoms with Crippen LogP contribution in [0.15, 0.2) is 35.8 Å². The lowest BCUT2D eigenvalue weighted by molar-refractivity contribution is -0.136. The Labute approximate surface area is 105 Å². The molecule has 0 bridgehead atoms. The van der Waals surface area contributed by atoms with Crippen LogP contribution in [0.3, 0.4) is 0 Å². The number of nitrogens with zero attached hydrogens (tertiary/aromatic N) is 1. The molecule has 2 unspecified atom stereocenters. The first kappa shape index (κ1) is 12.8. The Morgan fingerprint density at radius 3 is 2.89 bits per heavy atom. The van der Waals surface area contributed by atoms with Gasteiger partial charge in [-0.25, -0.2) is 9.18 Å². The molecule has 2 aliphatic rings. The normalized spacial score (nSPS) is 25.6. The van der Waals surface area contributed by atoms with Crippen molar-refractivity contribution in [2.45, 2.75) is 6.04 Å². The van der Waals surface area contributed by atoms with Crippen LogP contribution in [0.25, 0.3) is 0 Å². The standard InChI is InChI=1S/C13H16FNO3/c1-17-6-5-15-4-3-9-7-11(14)10(8-12(9)15)13(16)18-2/h3-4,7-9,12H,5-6H2,1-2H3. The van der Waals surface area contributed by atoms with Gasteiger partial charge in [0.05, 0.1) is 25.3 Å². The van der Waals surface area contributed by atoms with Crippen molar-refractivity contribution in [2.24, 2.45) is 5.92 Å². The van der Waals surface area contributed by atoms with E-state index in [4.69, 9.17) is 4.74 Å². The Morgan fingerprint density at radius 1 is 1.44 bits per heavy atom. The van der Waals surface area contributed by atoms with E-state index in [0.717, 1.165) is 0 Å². The fourth-order valence-electron chi connectivity index (χ4n) is 2.21. The topological polar surface area (TPSA) is 38.8 Å². The van der Waals surface area contributed by atoms with E-state index in [1.54, 1.807) is 13.2 Å². The van der Waals surface area contributed by atoms with Gasteiger partial charge >= 0.3 is 5.97 Å². The average molecular weight is 253 g/mol. The molecule has 2 rings (SSSR count). The third kappa shape index (κ3) is 2.31. The van der Waals surface area contributed by atoms with Gasteiger partial charge in [0.25, 0.3) is 0 Å². The molecule has 0 aromatic carbocycles. The van der Waals surface area contributed by atoms with Gasteiger partial charge in [0.15, 0.2) is 0 Å². The summed E-state index contributed by atoms with van der Waals surface area (Å²) in [6, 6.07) is -0.0336. The molecule has 0 aromatic heterocycles. The zero-order valence-electron chi connectivity index (χ0n) is 10.4. The van der Waals surface area contributed by atoms with Crippen LogP contribution in [0.4, 0.5) is 4.39 Å². The third-order valence-electron chi connectivity index (χ3n) is 3.17. The van der Waals surface area contributed by atoms with E-state index in [0.29, 0.717) is 13.2 Å². The Kier molecular flexibility index (Phi) is 3.81. The summed E-state index contributed by atoms with van der Waals surface area (Å²) in [5.41, 5.74) is 0.00451. The monoisotopic (exact) mass is 253 g/mol. The van der Waals surface area contributed by atoms with Crippen LogP contribution in [0.1, 0.15) is 0 Å². The molecular formula is C13H16FNO3. The zero-order chi connectivity index (χ0) is 13.1. The van der Waals surface area contributed by atoms with E-state index in [2.05, 4.69) is 4.74 Å². The van der Waals surface area contributed by atoms with Crippen molar-refractivity contribution in [3.63, 3.8) is 0 Å². The van der Waals surface area contributed by atoms with Crippen LogP contribution in [0.2, 0.25) is 0 Å². The molecule has 0 amide bonds. The van der Waals surface area contributed by atoms with Gasteiger partial charge in [-0.2, -0.15) is 0 Å². The minimum atomic E-state index is -0.638. The third-order valence-corrected chi connectivity index (χ3v) is 3.17. The van der Waals surface area contributed by atoms with Gasteiger partial charge in [0.2, 0.25) is 0 Å². The quantitative estimate of drug-likeness (QED) is 0.710. The Hall–Kier alpha value is -1.62. The van der Waals surface area contributed by atoms with Crippen molar-refractivity contribution < 1.29 is 18.7 Å². The number of carbonyl (C=O) groups excluding carboxylic acids is 1. The molecule has 98 valence electrons. The van der Waals surface area contributed by atoms with Crippen molar-refractivity contribution in [1.29, 1.82) is 0 Å². The van der Waals surface area contributed by atoms with Crippen LogP contribution in [0.5, 0.6) is 0 Å². The van der Waals surface area contributed by atoms with Crippen molar-refractivity contribution in [1.82, 2.24) is 4.90 Å². The molecule has 0 saturated carbocycles. The minimum Gasteiger partial charge on any atom is -0.465 e. The van der Waals surface area contributed by atoms with E-state index in [9.17, 15) is 9.18 Å². The average Bonchev–Trinajstić information content (AvgIpc) is 2.76. The largest absolute Gasteiger partial charge is 0.465 e. The lowest BCUT2D eigenvalue weighted by Crippen LogP contribution is -2.34. The van der Waals surface area contributed by atoms with Gasteiger partial charge in [-0.15, -0.1) is 0 Å². The van der Waals surface area contributed by atoms with Crippen LogP contribution in [0, 0.1) is 5.92 Å². The Balaban J connectivity index is 2.17. The van der Waals surface area contributed by atoms with Crippen molar-refractivity contribution >= 4 is 5.97 Å². The highest BCUT2D eigenvalue weighted by molar-refractivity contribution is 5.93. The molecule has 1 heterocycles. The molecule has 1 aliphatic heterocycles. The van der Waals surface area contributed by atoms with Crippen molar-refractivity contribution in [2.75, 3.05) is 27.4 Å². The summed E-state index contributed by atoms with van der Waals surface area (Å²) in [5.74, 6) is -1.18. The maximum atomic E-state index is 13.7. The number of hydrogen-bond donors (Lipinski definition) is 0. The summed E-state index contributed by atoms with van der Waals surface area (Å²) in [5, 5.41) is 0. The molecular weight excluding hydrogens is 237 g/mol. The van der Waals surface area contributed by atoms with E-state index in [-0.39, 0.29) is 17.5 Å². The van der Waals surface area contributed by atoms with Crippen LogP contribution < -0.4 is 0 Å². The second-order valence-corrected chi connectivity index (χ2v) is 4.23. The highest BCUT2D eigenvalue weighted by atomic mass is 19.1. The van der Waals surface area contributed by atoms with Gasteiger partial charge in [-0.05, 0) is 18.4 Å². The minimum absolute atomic E-state index is 0.00451. The number of esters is 1. The molecule has 0 saturated heterocycles. The summed E-state index contributed by atoms with van der Waals surface area (Å²) in [4.78, 5) is 13.5. The van der Waals surface area contributed by atoms with Crippen molar-refractivity contribution in [3.8, 4) is 0 Å². The van der Waals surface area contributed by atoms with E-state index < -0.39 is 11.8 Å². The lowest BCUT2D eigenvalue weighted by Gasteiger charge is -2.28. The fourth-order valence-corrected chi connectivity index (χ4v) is 2.21. The first-order valence-electron chi connectivity index (χ1n) is 5.78. The molecule has 18 heavy (non-hydrogen) atoms. The summed E-state index contributed by atoms with van der Waals surface area (Å²) < 4.78 is 23.3. The second kappa shape index (κ2) is 5.35. The van der Waals surface area contributed by atoms with Gasteiger partial charge in [0.1, 0.15) is 5.83 Å². The zero-order valence-corrected chi connectivity index (χ0v) is 10.4. The molecule has 0 aromatic rings. The second-order valence-electron chi connectivity index (χ2n) is 4.23. The molecule has 4 nitrogen and oxygen atoms in total. The number of rotatable bonds is 4. The fraction of sp³-hybridized carbons (Fsp3) is 0.462. The SMILES string of the molecule is COCCN1C=CC2C=C(F)C(C(=O)OC)=CC21. The predicted molar refractivity (Wildman–Crippen MR) is 64.3 cm³/mol. The number of ether oxygens (including phenoxy) is 2. The van der Waals surface area contributed by atoms with Gasteiger partial charge in [-0.3, -0.25) is 0 Å². The number of carbonyl (C=O) groups is 1. The van der Waals surface area contributed by atoms with E-state index >= 15 is 0 Å². The molecule has 0 radical (unpaired) electrons. The molecule has 5 heteroatoms. The summed E-state index contributed by atoms with van der Waals surface area (Å²) in [7, 11) is 2.88. The Bertz CT molecular complexity index is 428. The summed E-state index contributed by atoms with van der Waals surface area (Å²) in [6.45, 7) is 1.29. The van der Waals surface area contributed by atoms with Crippen LogP contribution in [-0.2, 0) is 14.3 Å². The van der Waals surface area contributed by atoms with Crippen LogP contribution in [-0.4, -0.2) is 44.3 Å². The highest BCUT2D eigenvalue weighted by Gasteiger charge is 2.33. The van der Waals surface area contributed by atoms with Gasteiger partial charge < -0.3 is 14.4 Å². The lowest BCUT2D eigenvalue weighted by atomic mass is 9.92. The predicted octanol–water partition coefficient (Wildman–Crippen LogP) is 1.41. The van der Waals surface area contributed by atoms with E-state index in [1.807, 2.05) is 17.2 Å². The maximum Gasteiger partial charge on any atom is 0.340 e. The van der Waals surface area contributed by atoms with E-state index in [1.165, 1.54) is 13.2 Å². The first-order valence-corrected chi connectivity index (χ1v) is 5.78. The molecule has 0 fully saturated rings.